The van der Waals surface area contributed by atoms with Gasteiger partial charge in [-0.15, -0.1) is 0 Å². The number of ether oxygens (including phenoxy) is 1. The summed E-state index contributed by atoms with van der Waals surface area (Å²) in [5.74, 6) is 0.187. The van der Waals surface area contributed by atoms with Crippen molar-refractivity contribution in [1.29, 1.82) is 0 Å². The van der Waals surface area contributed by atoms with E-state index in [4.69, 9.17) is 4.74 Å². The second kappa shape index (κ2) is 5.61. The molecule has 0 amide bonds. The predicted octanol–water partition coefficient (Wildman–Crippen LogP) is 2.38. The minimum absolute atomic E-state index is 0.552. The van der Waals surface area contributed by atoms with Gasteiger partial charge in [0.1, 0.15) is 12.4 Å². The Morgan fingerprint density at radius 3 is 2.89 bits per heavy atom. The summed E-state index contributed by atoms with van der Waals surface area (Å²) in [6.07, 6.45) is 0.626. The highest BCUT2D eigenvalue weighted by Gasteiger charge is 2.33. The number of carbonyl (C=O) groups is 1. The molecule has 19 heavy (non-hydrogen) atoms. The van der Waals surface area contributed by atoms with Gasteiger partial charge >= 0.3 is 5.97 Å². The molecule has 1 aliphatic rings. The smallest absolute Gasteiger partial charge is 0.310 e. The van der Waals surface area contributed by atoms with Crippen LogP contribution in [0.5, 0.6) is 5.75 Å². The number of carboxylic acids is 1. The van der Waals surface area contributed by atoms with Crippen LogP contribution in [0.25, 0.3) is 0 Å². The van der Waals surface area contributed by atoms with E-state index in [0.717, 1.165) is 24.4 Å². The summed E-state index contributed by atoms with van der Waals surface area (Å²) in [5.41, 5.74) is 0.433. The molecule has 2 rings (SSSR count). The van der Waals surface area contributed by atoms with Crippen molar-refractivity contribution in [2.24, 2.45) is 5.41 Å². The lowest BCUT2D eigenvalue weighted by molar-refractivity contribution is -0.149. The third kappa shape index (κ3) is 3.07. The van der Waals surface area contributed by atoms with E-state index in [1.807, 2.05) is 38.1 Å². The number of hydrogen-bond donors (Lipinski definition) is 1. The molecule has 1 unspecified atom stereocenters. The van der Waals surface area contributed by atoms with Crippen molar-refractivity contribution in [2.45, 2.75) is 26.8 Å². The van der Waals surface area contributed by atoms with Gasteiger partial charge < -0.3 is 9.84 Å². The molecule has 0 saturated carbocycles. The second-order valence-corrected chi connectivity index (χ2v) is 5.39. The molecule has 1 aromatic carbocycles. The van der Waals surface area contributed by atoms with Gasteiger partial charge in [-0.1, -0.05) is 25.1 Å². The van der Waals surface area contributed by atoms with Crippen molar-refractivity contribution in [3.05, 3.63) is 29.8 Å². The fourth-order valence-electron chi connectivity index (χ4n) is 2.34. The first-order valence-corrected chi connectivity index (χ1v) is 6.71. The van der Waals surface area contributed by atoms with Gasteiger partial charge in [0, 0.05) is 25.2 Å². The molecule has 104 valence electrons. The molecule has 1 atom stereocenters. The van der Waals surface area contributed by atoms with E-state index in [1.54, 1.807) is 0 Å². The van der Waals surface area contributed by atoms with Crippen molar-refractivity contribution < 1.29 is 14.6 Å². The number of fused-ring (bicyclic) bond motifs is 1. The van der Waals surface area contributed by atoms with Crippen LogP contribution >= 0.6 is 0 Å². The molecule has 0 fully saturated rings. The maximum Gasteiger partial charge on any atom is 0.310 e. The molecule has 1 aromatic rings. The molecular weight excluding hydrogens is 242 g/mol. The van der Waals surface area contributed by atoms with Crippen molar-refractivity contribution >= 4 is 5.97 Å². The maximum atomic E-state index is 11.4. The van der Waals surface area contributed by atoms with E-state index in [-0.39, 0.29) is 0 Å². The zero-order valence-corrected chi connectivity index (χ0v) is 11.6. The molecule has 0 bridgehead atoms. The Balaban J connectivity index is 2.13. The molecule has 4 heteroatoms. The zero-order valence-electron chi connectivity index (χ0n) is 11.6. The van der Waals surface area contributed by atoms with Crippen LogP contribution in [-0.4, -0.2) is 35.7 Å². The first kappa shape index (κ1) is 13.9. The Hall–Kier alpha value is -1.55. The van der Waals surface area contributed by atoms with Crippen LogP contribution in [0.1, 0.15) is 25.8 Å². The van der Waals surface area contributed by atoms with Gasteiger partial charge in [-0.2, -0.15) is 0 Å². The number of para-hydroxylation sites is 1. The number of carboxylic acid groups (broad SMARTS) is 1. The Morgan fingerprint density at radius 1 is 1.47 bits per heavy atom. The van der Waals surface area contributed by atoms with Crippen molar-refractivity contribution in [3.8, 4) is 5.75 Å². The first-order valence-electron chi connectivity index (χ1n) is 6.71. The number of hydrogen-bond acceptors (Lipinski definition) is 3. The Labute approximate surface area is 114 Å². The summed E-state index contributed by atoms with van der Waals surface area (Å²) in [4.78, 5) is 13.6. The van der Waals surface area contributed by atoms with Crippen LogP contribution in [0.4, 0.5) is 0 Å². The average Bonchev–Trinajstić information content (AvgIpc) is 2.59. The van der Waals surface area contributed by atoms with Gasteiger partial charge in [0.2, 0.25) is 0 Å². The summed E-state index contributed by atoms with van der Waals surface area (Å²) >= 11 is 0. The summed E-state index contributed by atoms with van der Waals surface area (Å²) in [5, 5.41) is 9.37. The zero-order chi connectivity index (χ0) is 13.9. The molecule has 1 aliphatic heterocycles. The number of aliphatic carboxylic acids is 1. The standard InChI is InChI=1S/C15H21NO3/c1-3-15(2,14(17)18)11-16-8-9-19-13-7-5-4-6-12(13)10-16/h4-7H,3,8-11H2,1-2H3,(H,17,18). The molecular formula is C15H21NO3. The normalized spacial score (nSPS) is 18.8. The highest BCUT2D eigenvalue weighted by atomic mass is 16.5. The largest absolute Gasteiger partial charge is 0.492 e. The third-order valence-corrected chi connectivity index (χ3v) is 3.90. The predicted molar refractivity (Wildman–Crippen MR) is 73.2 cm³/mol. The van der Waals surface area contributed by atoms with Crippen LogP contribution in [0.3, 0.4) is 0 Å². The topological polar surface area (TPSA) is 49.8 Å². The third-order valence-electron chi connectivity index (χ3n) is 3.90. The van der Waals surface area contributed by atoms with Gasteiger partial charge in [0.05, 0.1) is 5.41 Å². The monoisotopic (exact) mass is 263 g/mol. The minimum Gasteiger partial charge on any atom is -0.492 e. The van der Waals surface area contributed by atoms with Crippen molar-refractivity contribution in [3.63, 3.8) is 0 Å². The number of nitrogens with zero attached hydrogens (tertiary/aromatic N) is 1. The van der Waals surface area contributed by atoms with Crippen LogP contribution in [0, 0.1) is 5.41 Å². The van der Waals surface area contributed by atoms with Crippen LogP contribution in [0.2, 0.25) is 0 Å². The fraction of sp³-hybridized carbons (Fsp3) is 0.533. The van der Waals surface area contributed by atoms with Gasteiger partial charge in [-0.05, 0) is 19.4 Å². The Bertz CT molecular complexity index is 460. The molecule has 0 aliphatic carbocycles. The number of rotatable bonds is 4. The Kier molecular flexibility index (Phi) is 4.10. The summed E-state index contributed by atoms with van der Waals surface area (Å²) in [7, 11) is 0. The van der Waals surface area contributed by atoms with Gasteiger partial charge in [-0.3, -0.25) is 9.69 Å². The van der Waals surface area contributed by atoms with E-state index in [9.17, 15) is 9.90 Å². The highest BCUT2D eigenvalue weighted by molar-refractivity contribution is 5.74. The van der Waals surface area contributed by atoms with Crippen LogP contribution < -0.4 is 4.74 Å². The maximum absolute atomic E-state index is 11.4. The summed E-state index contributed by atoms with van der Waals surface area (Å²) in [6, 6.07) is 7.95. The SMILES string of the molecule is CCC(C)(CN1CCOc2ccccc2C1)C(=O)O. The van der Waals surface area contributed by atoms with Crippen LogP contribution in [0.15, 0.2) is 24.3 Å². The van der Waals surface area contributed by atoms with Gasteiger partial charge in [0.25, 0.3) is 0 Å². The first-order chi connectivity index (χ1) is 9.05. The molecule has 0 aromatic heterocycles. The Morgan fingerprint density at radius 2 is 2.21 bits per heavy atom. The van der Waals surface area contributed by atoms with Crippen molar-refractivity contribution in [2.75, 3.05) is 19.7 Å². The van der Waals surface area contributed by atoms with Crippen molar-refractivity contribution in [1.82, 2.24) is 4.90 Å². The fourth-order valence-corrected chi connectivity index (χ4v) is 2.34. The van der Waals surface area contributed by atoms with E-state index >= 15 is 0 Å². The second-order valence-electron chi connectivity index (χ2n) is 5.39. The molecule has 4 nitrogen and oxygen atoms in total. The van der Waals surface area contributed by atoms with E-state index in [1.165, 1.54) is 0 Å². The molecule has 1 heterocycles. The summed E-state index contributed by atoms with van der Waals surface area (Å²) < 4.78 is 5.70. The van der Waals surface area contributed by atoms with Gasteiger partial charge in [0.15, 0.2) is 0 Å². The highest BCUT2D eigenvalue weighted by Crippen LogP contribution is 2.27. The minimum atomic E-state index is -0.728. The summed E-state index contributed by atoms with van der Waals surface area (Å²) in [6.45, 7) is 6.41. The lowest BCUT2D eigenvalue weighted by atomic mass is 9.87. The number of benzene rings is 1. The van der Waals surface area contributed by atoms with E-state index in [2.05, 4.69) is 4.90 Å². The van der Waals surface area contributed by atoms with E-state index < -0.39 is 11.4 Å². The molecule has 0 saturated heterocycles. The average molecular weight is 263 g/mol. The lowest BCUT2D eigenvalue weighted by Gasteiger charge is -2.30. The molecule has 1 N–H and O–H groups in total. The van der Waals surface area contributed by atoms with Crippen LogP contribution in [-0.2, 0) is 11.3 Å². The van der Waals surface area contributed by atoms with Gasteiger partial charge in [-0.25, -0.2) is 0 Å². The quantitative estimate of drug-likeness (QED) is 0.906. The lowest BCUT2D eigenvalue weighted by Crippen LogP contribution is -2.41. The molecule has 0 radical (unpaired) electrons. The van der Waals surface area contributed by atoms with E-state index in [0.29, 0.717) is 19.6 Å². The molecule has 0 spiro atoms.